The summed E-state index contributed by atoms with van der Waals surface area (Å²) in [7, 11) is 0. The standard InChI is InChI=1S/C20H21BrN2O2/c1-20(2,3)23-19(25)15-7-11-17(12-8-15)22-18(24)13-6-14-4-9-16(21)10-5-14/h4-13H,1-3H3,(H,22,24)(H,23,25)/b13-6+. The quantitative estimate of drug-likeness (QED) is 0.734. The molecule has 0 saturated carbocycles. The van der Waals surface area contributed by atoms with Gasteiger partial charge in [-0.25, -0.2) is 0 Å². The van der Waals surface area contributed by atoms with Crippen LogP contribution in [0.15, 0.2) is 59.1 Å². The van der Waals surface area contributed by atoms with Crippen LogP contribution in [0.3, 0.4) is 0 Å². The van der Waals surface area contributed by atoms with Crippen molar-refractivity contribution < 1.29 is 9.59 Å². The van der Waals surface area contributed by atoms with Crippen LogP contribution in [0, 0.1) is 0 Å². The van der Waals surface area contributed by atoms with Gasteiger partial charge in [0, 0.05) is 27.3 Å². The number of carbonyl (C=O) groups is 2. The monoisotopic (exact) mass is 400 g/mol. The average Bonchev–Trinajstić information content (AvgIpc) is 2.53. The molecule has 0 heterocycles. The van der Waals surface area contributed by atoms with Crippen LogP contribution in [0.5, 0.6) is 0 Å². The first-order valence-corrected chi connectivity index (χ1v) is 8.69. The lowest BCUT2D eigenvalue weighted by molar-refractivity contribution is -0.111. The predicted molar refractivity (Wildman–Crippen MR) is 105 cm³/mol. The number of amides is 2. The van der Waals surface area contributed by atoms with E-state index in [-0.39, 0.29) is 17.4 Å². The Morgan fingerprint density at radius 3 is 2.12 bits per heavy atom. The summed E-state index contributed by atoms with van der Waals surface area (Å²) in [4.78, 5) is 24.0. The zero-order valence-corrected chi connectivity index (χ0v) is 16.1. The molecule has 2 aromatic rings. The Kier molecular flexibility index (Phi) is 6.15. The number of carbonyl (C=O) groups excluding carboxylic acids is 2. The minimum absolute atomic E-state index is 0.138. The summed E-state index contributed by atoms with van der Waals surface area (Å²) in [6.07, 6.45) is 3.22. The Labute approximate surface area is 156 Å². The number of benzene rings is 2. The van der Waals surface area contributed by atoms with E-state index in [0.717, 1.165) is 10.0 Å². The maximum absolute atomic E-state index is 12.1. The summed E-state index contributed by atoms with van der Waals surface area (Å²) in [5, 5.41) is 5.67. The van der Waals surface area contributed by atoms with E-state index >= 15 is 0 Å². The zero-order valence-electron chi connectivity index (χ0n) is 14.5. The largest absolute Gasteiger partial charge is 0.347 e. The third-order valence-electron chi connectivity index (χ3n) is 3.20. The first kappa shape index (κ1) is 18.9. The smallest absolute Gasteiger partial charge is 0.251 e. The fourth-order valence-electron chi connectivity index (χ4n) is 2.05. The van der Waals surface area contributed by atoms with Gasteiger partial charge in [0.1, 0.15) is 0 Å². The number of rotatable bonds is 4. The molecular formula is C20H21BrN2O2. The molecule has 0 aliphatic heterocycles. The molecule has 4 nitrogen and oxygen atoms in total. The van der Waals surface area contributed by atoms with Gasteiger partial charge in [0.15, 0.2) is 0 Å². The predicted octanol–water partition coefficient (Wildman–Crippen LogP) is 4.63. The lowest BCUT2D eigenvalue weighted by Crippen LogP contribution is -2.40. The summed E-state index contributed by atoms with van der Waals surface area (Å²) in [6, 6.07) is 14.5. The number of anilines is 1. The molecule has 5 heteroatoms. The Morgan fingerprint density at radius 1 is 0.960 bits per heavy atom. The third kappa shape index (κ3) is 6.55. The second-order valence-electron chi connectivity index (χ2n) is 6.66. The average molecular weight is 401 g/mol. The molecule has 0 saturated heterocycles. The maximum atomic E-state index is 12.1. The highest BCUT2D eigenvalue weighted by Crippen LogP contribution is 2.13. The molecule has 0 atom stereocenters. The number of hydrogen-bond donors (Lipinski definition) is 2. The van der Waals surface area contributed by atoms with Gasteiger partial charge in [-0.2, -0.15) is 0 Å². The number of nitrogens with one attached hydrogen (secondary N) is 2. The van der Waals surface area contributed by atoms with Crippen molar-refractivity contribution in [3.63, 3.8) is 0 Å². The molecule has 2 amide bonds. The normalized spacial score (nSPS) is 11.4. The molecule has 0 aliphatic rings. The molecule has 0 fully saturated rings. The first-order valence-electron chi connectivity index (χ1n) is 7.90. The summed E-state index contributed by atoms with van der Waals surface area (Å²) in [5.74, 6) is -0.365. The van der Waals surface area contributed by atoms with Crippen molar-refractivity contribution in [3.05, 3.63) is 70.2 Å². The van der Waals surface area contributed by atoms with Crippen LogP contribution in [0.1, 0.15) is 36.7 Å². The molecule has 2 aromatic carbocycles. The van der Waals surface area contributed by atoms with Crippen LogP contribution in [-0.4, -0.2) is 17.4 Å². The van der Waals surface area contributed by atoms with Crippen molar-refractivity contribution in [2.45, 2.75) is 26.3 Å². The molecule has 0 radical (unpaired) electrons. The summed E-state index contributed by atoms with van der Waals surface area (Å²) < 4.78 is 0.990. The van der Waals surface area contributed by atoms with Gasteiger partial charge in [-0.3, -0.25) is 9.59 Å². The van der Waals surface area contributed by atoms with Gasteiger partial charge in [-0.15, -0.1) is 0 Å². The van der Waals surface area contributed by atoms with Gasteiger partial charge in [0.2, 0.25) is 5.91 Å². The van der Waals surface area contributed by atoms with Crippen molar-refractivity contribution in [1.29, 1.82) is 0 Å². The van der Waals surface area contributed by atoms with Gasteiger partial charge in [-0.05, 0) is 68.8 Å². The van der Waals surface area contributed by atoms with E-state index in [9.17, 15) is 9.59 Å². The van der Waals surface area contributed by atoms with Gasteiger partial charge >= 0.3 is 0 Å². The van der Waals surface area contributed by atoms with Crippen LogP contribution < -0.4 is 10.6 Å². The second-order valence-corrected chi connectivity index (χ2v) is 7.57. The molecule has 25 heavy (non-hydrogen) atoms. The number of hydrogen-bond acceptors (Lipinski definition) is 2. The van der Waals surface area contributed by atoms with Crippen molar-refractivity contribution in [1.82, 2.24) is 5.32 Å². The maximum Gasteiger partial charge on any atom is 0.251 e. The lowest BCUT2D eigenvalue weighted by Gasteiger charge is -2.20. The van der Waals surface area contributed by atoms with E-state index in [0.29, 0.717) is 11.3 Å². The first-order chi connectivity index (χ1) is 11.7. The van der Waals surface area contributed by atoms with E-state index in [1.54, 1.807) is 30.3 Å². The molecule has 0 bridgehead atoms. The third-order valence-corrected chi connectivity index (χ3v) is 3.73. The fraction of sp³-hybridized carbons (Fsp3) is 0.200. The van der Waals surface area contributed by atoms with Crippen molar-refractivity contribution in [2.75, 3.05) is 5.32 Å². The Balaban J connectivity index is 1.95. The minimum Gasteiger partial charge on any atom is -0.347 e. The van der Waals surface area contributed by atoms with Gasteiger partial charge in [0.25, 0.3) is 5.91 Å². The van der Waals surface area contributed by atoms with E-state index in [2.05, 4.69) is 26.6 Å². The van der Waals surface area contributed by atoms with Crippen LogP contribution >= 0.6 is 15.9 Å². The van der Waals surface area contributed by atoms with Crippen molar-refractivity contribution in [2.24, 2.45) is 0 Å². The second kappa shape index (κ2) is 8.12. The van der Waals surface area contributed by atoms with Gasteiger partial charge in [-0.1, -0.05) is 28.1 Å². The van der Waals surface area contributed by atoms with Crippen molar-refractivity contribution >= 4 is 39.5 Å². The van der Waals surface area contributed by atoms with Crippen molar-refractivity contribution in [3.8, 4) is 0 Å². The Hall–Kier alpha value is -2.40. The molecule has 0 aliphatic carbocycles. The molecule has 2 rings (SSSR count). The highest BCUT2D eigenvalue weighted by atomic mass is 79.9. The van der Waals surface area contributed by atoms with E-state index in [4.69, 9.17) is 0 Å². The molecule has 2 N–H and O–H groups in total. The molecular weight excluding hydrogens is 380 g/mol. The summed E-state index contributed by atoms with van der Waals surface area (Å²) in [6.45, 7) is 5.78. The van der Waals surface area contributed by atoms with E-state index in [1.165, 1.54) is 6.08 Å². The van der Waals surface area contributed by atoms with Crippen LogP contribution in [-0.2, 0) is 4.79 Å². The van der Waals surface area contributed by atoms with Crippen LogP contribution in [0.25, 0.3) is 6.08 Å². The number of halogens is 1. The molecule has 130 valence electrons. The SMILES string of the molecule is CC(C)(C)NC(=O)c1ccc(NC(=O)/C=C/c2ccc(Br)cc2)cc1. The molecule has 0 spiro atoms. The Bertz CT molecular complexity index is 773. The van der Waals surface area contributed by atoms with Gasteiger partial charge < -0.3 is 10.6 Å². The molecule has 0 aromatic heterocycles. The van der Waals surface area contributed by atoms with Gasteiger partial charge in [0.05, 0.1) is 0 Å². The highest BCUT2D eigenvalue weighted by molar-refractivity contribution is 9.10. The highest BCUT2D eigenvalue weighted by Gasteiger charge is 2.15. The fourth-order valence-corrected chi connectivity index (χ4v) is 2.31. The van der Waals surface area contributed by atoms with E-state index in [1.807, 2.05) is 45.0 Å². The summed E-state index contributed by atoms with van der Waals surface area (Å²) >= 11 is 3.37. The topological polar surface area (TPSA) is 58.2 Å². The summed E-state index contributed by atoms with van der Waals surface area (Å²) in [5.41, 5.74) is 1.84. The van der Waals surface area contributed by atoms with E-state index < -0.39 is 0 Å². The van der Waals surface area contributed by atoms with Crippen LogP contribution in [0.4, 0.5) is 5.69 Å². The lowest BCUT2D eigenvalue weighted by atomic mass is 10.1. The Morgan fingerprint density at radius 2 is 1.56 bits per heavy atom. The van der Waals surface area contributed by atoms with Crippen LogP contribution in [0.2, 0.25) is 0 Å². The minimum atomic E-state index is -0.290. The molecule has 0 unspecified atom stereocenters. The zero-order chi connectivity index (χ0) is 18.4.